The van der Waals surface area contributed by atoms with Crippen LogP contribution in [0.2, 0.25) is 0 Å². The molecule has 206 valence electrons. The van der Waals surface area contributed by atoms with Crippen molar-refractivity contribution in [2.45, 2.75) is 78.3 Å². The highest BCUT2D eigenvalue weighted by molar-refractivity contribution is 5.86. The first-order valence-corrected chi connectivity index (χ1v) is 13.1. The number of unbranched alkanes of at least 4 members (excludes halogenated alkanes) is 1. The molecule has 0 saturated heterocycles. The molecule has 0 aromatic heterocycles. The summed E-state index contributed by atoms with van der Waals surface area (Å²) in [5.74, 6) is -1.80. The van der Waals surface area contributed by atoms with Crippen LogP contribution in [0, 0.1) is 17.3 Å². The topological polar surface area (TPSA) is 105 Å². The van der Waals surface area contributed by atoms with Crippen LogP contribution in [0.5, 0.6) is 0 Å². The zero-order valence-corrected chi connectivity index (χ0v) is 23.0. The highest BCUT2D eigenvalue weighted by Crippen LogP contribution is 2.23. The molecule has 0 fully saturated rings. The van der Waals surface area contributed by atoms with Gasteiger partial charge in [-0.2, -0.15) is 0 Å². The van der Waals surface area contributed by atoms with Crippen molar-refractivity contribution in [1.29, 1.82) is 0 Å². The molecule has 7 nitrogen and oxygen atoms in total. The van der Waals surface area contributed by atoms with Crippen LogP contribution in [0.25, 0.3) is 0 Å². The molecule has 4 atom stereocenters. The molecule has 37 heavy (non-hydrogen) atoms. The monoisotopic (exact) mass is 514 g/mol. The maximum absolute atomic E-state index is 13.1. The Morgan fingerprint density at radius 3 is 2.30 bits per heavy atom. The maximum Gasteiger partial charge on any atom is 0.309 e. The van der Waals surface area contributed by atoms with E-state index in [0.29, 0.717) is 19.3 Å². The average molecular weight is 515 g/mol. The molecule has 7 heteroatoms. The first-order valence-electron chi connectivity index (χ1n) is 13.1. The number of ether oxygens (including phenoxy) is 1. The van der Waals surface area contributed by atoms with Crippen molar-refractivity contribution in [3.63, 3.8) is 0 Å². The molecule has 1 aromatic carbocycles. The fourth-order valence-corrected chi connectivity index (χ4v) is 3.88. The smallest absolute Gasteiger partial charge is 0.309 e. The first-order chi connectivity index (χ1) is 17.5. The zero-order chi connectivity index (χ0) is 27.8. The summed E-state index contributed by atoms with van der Waals surface area (Å²) in [5.41, 5.74) is 0.685. The van der Waals surface area contributed by atoms with Crippen LogP contribution in [0.3, 0.4) is 0 Å². The van der Waals surface area contributed by atoms with Gasteiger partial charge in [0.2, 0.25) is 11.8 Å². The number of hydrogen-bond acceptors (Lipinski definition) is 5. The summed E-state index contributed by atoms with van der Waals surface area (Å²) in [4.78, 5) is 38.6. The van der Waals surface area contributed by atoms with E-state index < -0.39 is 18.0 Å². The number of amides is 2. The first kappa shape index (κ1) is 32.1. The van der Waals surface area contributed by atoms with Crippen LogP contribution in [-0.4, -0.2) is 48.2 Å². The van der Waals surface area contributed by atoms with Gasteiger partial charge in [-0.1, -0.05) is 63.3 Å². The van der Waals surface area contributed by atoms with Gasteiger partial charge in [-0.05, 0) is 50.0 Å². The summed E-state index contributed by atoms with van der Waals surface area (Å²) in [6, 6.07) is 9.03. The minimum atomic E-state index is -0.617. The number of rotatable bonds is 17. The Morgan fingerprint density at radius 2 is 1.73 bits per heavy atom. The summed E-state index contributed by atoms with van der Waals surface area (Å²) in [6.45, 7) is 14.9. The van der Waals surface area contributed by atoms with Crippen molar-refractivity contribution < 1.29 is 24.2 Å². The van der Waals surface area contributed by atoms with Gasteiger partial charge in [0.05, 0.1) is 24.5 Å². The second kappa shape index (κ2) is 16.7. The molecular weight excluding hydrogens is 468 g/mol. The molecule has 0 aliphatic carbocycles. The maximum atomic E-state index is 13.1. The molecule has 1 aromatic rings. The Morgan fingerprint density at radius 1 is 1.05 bits per heavy atom. The quantitative estimate of drug-likeness (QED) is 0.163. The van der Waals surface area contributed by atoms with Gasteiger partial charge in [-0.15, -0.1) is 13.2 Å². The van der Waals surface area contributed by atoms with Crippen LogP contribution < -0.4 is 10.6 Å². The predicted molar refractivity (Wildman–Crippen MR) is 148 cm³/mol. The minimum absolute atomic E-state index is 0.0265. The number of aliphatic hydroxyl groups excluding tert-OH is 1. The number of carbonyl (C=O) groups excluding carboxylic acids is 3. The number of allylic oxidation sites excluding steroid dienone is 2. The fourth-order valence-electron chi connectivity index (χ4n) is 3.88. The van der Waals surface area contributed by atoms with E-state index in [-0.39, 0.29) is 48.8 Å². The van der Waals surface area contributed by atoms with Crippen LogP contribution in [0.15, 0.2) is 55.6 Å². The second-order valence-corrected chi connectivity index (χ2v) is 10.7. The van der Waals surface area contributed by atoms with E-state index >= 15 is 0 Å². The van der Waals surface area contributed by atoms with Gasteiger partial charge in [0, 0.05) is 12.5 Å². The van der Waals surface area contributed by atoms with E-state index in [1.54, 1.807) is 13.0 Å². The molecule has 0 heterocycles. The lowest BCUT2D eigenvalue weighted by atomic mass is 9.86. The molecule has 0 aliphatic heterocycles. The Bertz CT molecular complexity index is 862. The molecule has 3 N–H and O–H groups in total. The summed E-state index contributed by atoms with van der Waals surface area (Å²) in [5, 5.41) is 14.8. The van der Waals surface area contributed by atoms with Gasteiger partial charge in [-0.25, -0.2) is 0 Å². The fraction of sp³-hybridized carbons (Fsp3) is 0.567. The highest BCUT2D eigenvalue weighted by atomic mass is 16.5. The number of esters is 1. The van der Waals surface area contributed by atoms with Gasteiger partial charge in [-0.3, -0.25) is 14.4 Å². The molecule has 0 spiro atoms. The average Bonchev–Trinajstić information content (AvgIpc) is 2.85. The van der Waals surface area contributed by atoms with E-state index in [4.69, 9.17) is 9.84 Å². The molecule has 2 amide bonds. The predicted octanol–water partition coefficient (Wildman–Crippen LogP) is 4.36. The van der Waals surface area contributed by atoms with Crippen molar-refractivity contribution in [3.8, 4) is 0 Å². The van der Waals surface area contributed by atoms with Gasteiger partial charge in [0.15, 0.2) is 0 Å². The normalized spacial score (nSPS) is 14.5. The van der Waals surface area contributed by atoms with Gasteiger partial charge in [0.25, 0.3) is 0 Å². The van der Waals surface area contributed by atoms with Crippen molar-refractivity contribution in [3.05, 3.63) is 61.2 Å². The van der Waals surface area contributed by atoms with Gasteiger partial charge in [0.1, 0.15) is 6.61 Å². The molecule has 1 rings (SSSR count). The third-order valence-corrected chi connectivity index (χ3v) is 6.31. The Labute approximate surface area is 222 Å². The van der Waals surface area contributed by atoms with E-state index in [2.05, 4.69) is 23.8 Å². The number of nitrogens with one attached hydrogen (secondary N) is 2. The molecule has 4 unspecified atom stereocenters. The number of hydrogen-bond donors (Lipinski definition) is 3. The van der Waals surface area contributed by atoms with Crippen LogP contribution in [0.1, 0.15) is 65.4 Å². The number of aliphatic hydroxyl groups is 1. The van der Waals surface area contributed by atoms with Crippen LogP contribution >= 0.6 is 0 Å². The minimum Gasteiger partial charge on any atom is -0.463 e. The largest absolute Gasteiger partial charge is 0.463 e. The van der Waals surface area contributed by atoms with Crippen molar-refractivity contribution in [2.75, 3.05) is 13.2 Å². The Kier molecular flexibility index (Phi) is 14.5. The van der Waals surface area contributed by atoms with Crippen molar-refractivity contribution in [1.82, 2.24) is 10.6 Å². The lowest BCUT2D eigenvalue weighted by molar-refractivity contribution is -0.151. The van der Waals surface area contributed by atoms with Gasteiger partial charge < -0.3 is 20.5 Å². The van der Waals surface area contributed by atoms with Crippen molar-refractivity contribution >= 4 is 17.8 Å². The SMILES string of the molecule is C=CCCCC(Cc1ccccc1)C(=O)OCC(NC(=O)C(CC=C)CC(=O)NC(C)CO)C(C)(C)C. The lowest BCUT2D eigenvalue weighted by Gasteiger charge is -2.32. The van der Waals surface area contributed by atoms with E-state index in [9.17, 15) is 14.4 Å². The lowest BCUT2D eigenvalue weighted by Crippen LogP contribution is -2.50. The molecule has 0 bridgehead atoms. The number of benzene rings is 1. The third kappa shape index (κ3) is 12.7. The summed E-state index contributed by atoms with van der Waals surface area (Å²) in [6.07, 6.45) is 6.70. The van der Waals surface area contributed by atoms with Crippen LogP contribution in [-0.2, 0) is 25.5 Å². The summed E-state index contributed by atoms with van der Waals surface area (Å²) >= 11 is 0. The molecular formula is C30H46N2O5. The van der Waals surface area contributed by atoms with E-state index in [0.717, 1.165) is 18.4 Å². The highest BCUT2D eigenvalue weighted by Gasteiger charge is 2.32. The Hall–Kier alpha value is -2.93. The standard InChI is InChI=1S/C30H46N2O5/c1-7-9-11-17-25(18-23-15-12-10-13-16-23)29(36)37-21-26(30(4,5)6)32-28(35)24(14-8-2)19-27(34)31-22(3)20-33/h7-8,10,12-13,15-16,22,24-26,33H,1-2,9,11,14,17-21H2,3-6H3,(H,31,34)(H,32,35). The number of carbonyl (C=O) groups is 3. The van der Waals surface area contributed by atoms with Gasteiger partial charge >= 0.3 is 5.97 Å². The van der Waals surface area contributed by atoms with E-state index in [1.807, 2.05) is 57.2 Å². The van der Waals surface area contributed by atoms with E-state index in [1.165, 1.54) is 0 Å². The third-order valence-electron chi connectivity index (χ3n) is 6.31. The summed E-state index contributed by atoms with van der Waals surface area (Å²) in [7, 11) is 0. The molecule has 0 radical (unpaired) electrons. The Balaban J connectivity index is 2.88. The second-order valence-electron chi connectivity index (χ2n) is 10.7. The molecule has 0 aliphatic rings. The zero-order valence-electron chi connectivity index (χ0n) is 23.0. The molecule has 0 saturated carbocycles. The summed E-state index contributed by atoms with van der Waals surface area (Å²) < 4.78 is 5.78. The van der Waals surface area contributed by atoms with Crippen LogP contribution in [0.4, 0.5) is 0 Å². The van der Waals surface area contributed by atoms with Crippen molar-refractivity contribution in [2.24, 2.45) is 17.3 Å².